The van der Waals surface area contributed by atoms with Crippen molar-refractivity contribution in [1.82, 2.24) is 14.1 Å². The van der Waals surface area contributed by atoms with E-state index in [0.717, 1.165) is 23.3 Å². The number of hydrogen-bond acceptors (Lipinski definition) is 7. The van der Waals surface area contributed by atoms with Gasteiger partial charge >= 0.3 is 6.09 Å². The van der Waals surface area contributed by atoms with Crippen molar-refractivity contribution in [3.8, 4) is 17.2 Å². The molecule has 1 aromatic heterocycles. The smallest absolute Gasteiger partial charge is 0.411 e. The molecule has 3 aromatic rings. The van der Waals surface area contributed by atoms with Crippen molar-refractivity contribution in [3.63, 3.8) is 0 Å². The molecule has 2 heterocycles. The molecule has 0 unspecified atom stereocenters. The predicted octanol–water partition coefficient (Wildman–Crippen LogP) is 5.36. The lowest BCUT2D eigenvalue weighted by Gasteiger charge is -2.35. The second-order valence-electron chi connectivity index (χ2n) is 12.0. The molecule has 2 aromatic carbocycles. The van der Waals surface area contributed by atoms with Crippen molar-refractivity contribution >= 4 is 21.9 Å². The Kier molecular flexibility index (Phi) is 7.94. The van der Waals surface area contributed by atoms with Crippen LogP contribution < -0.4 is 0 Å². The number of Topliss-reactive ketones (excluding diaryl/α,β-unsaturated/α-hetero) is 1. The molecule has 1 saturated carbocycles. The molecule has 5 rings (SSSR count). The van der Waals surface area contributed by atoms with Crippen molar-refractivity contribution < 1.29 is 27.1 Å². The number of nitrogens with zero attached hydrogens (tertiary/aromatic N) is 4. The number of halogens is 1. The highest BCUT2D eigenvalue weighted by Gasteiger charge is 2.52. The number of likely N-dealkylation sites (tertiary alicyclic amines) is 1. The largest absolute Gasteiger partial charge is 0.444 e. The number of hydrogen-bond donors (Lipinski definition) is 0. The van der Waals surface area contributed by atoms with Crippen molar-refractivity contribution in [2.45, 2.75) is 75.5 Å². The Bertz CT molecular complexity index is 1640. The van der Waals surface area contributed by atoms with Gasteiger partial charge in [-0.15, -0.1) is 0 Å². The van der Waals surface area contributed by atoms with Gasteiger partial charge in [0.05, 0.1) is 35.3 Å². The second-order valence-corrected chi connectivity index (χ2v) is 13.8. The minimum absolute atomic E-state index is 0.0171. The summed E-state index contributed by atoms with van der Waals surface area (Å²) in [5.74, 6) is -1.52. The van der Waals surface area contributed by atoms with E-state index in [1.807, 2.05) is 0 Å². The molecule has 1 aliphatic carbocycles. The van der Waals surface area contributed by atoms with E-state index >= 15 is 4.39 Å². The number of ketones is 1. The van der Waals surface area contributed by atoms with Gasteiger partial charge in [0.1, 0.15) is 11.4 Å². The topological polar surface area (TPSA) is 122 Å². The van der Waals surface area contributed by atoms with Gasteiger partial charge in [-0.05, 0) is 81.7 Å². The summed E-state index contributed by atoms with van der Waals surface area (Å²) in [6.45, 7) is 5.33. The average molecular weight is 593 g/mol. The summed E-state index contributed by atoms with van der Waals surface area (Å²) in [6, 6.07) is 13.8. The van der Waals surface area contributed by atoms with Crippen LogP contribution in [0.25, 0.3) is 11.1 Å². The molecule has 1 amide bonds. The Balaban J connectivity index is 1.28. The van der Waals surface area contributed by atoms with Crippen LogP contribution in [-0.2, 0) is 26.0 Å². The maximum atomic E-state index is 15.2. The lowest BCUT2D eigenvalue weighted by atomic mass is 9.87. The Hall–Kier alpha value is -4.04. The summed E-state index contributed by atoms with van der Waals surface area (Å²) in [6.07, 6.45) is 4.48. The summed E-state index contributed by atoms with van der Waals surface area (Å²) in [4.78, 5) is 28.0. The Morgan fingerprint density at radius 1 is 1.14 bits per heavy atom. The van der Waals surface area contributed by atoms with Crippen molar-refractivity contribution in [1.29, 1.82) is 5.26 Å². The molecular weight excluding hydrogens is 559 g/mol. The molecule has 0 N–H and O–H groups in total. The third kappa shape index (κ3) is 5.95. The number of nitriles is 1. The maximum Gasteiger partial charge on any atom is 0.411 e. The van der Waals surface area contributed by atoms with Crippen LogP contribution in [0.3, 0.4) is 0 Å². The monoisotopic (exact) mass is 592 g/mol. The summed E-state index contributed by atoms with van der Waals surface area (Å²) in [5, 5.41) is 13.8. The van der Waals surface area contributed by atoms with Crippen LogP contribution in [0.1, 0.15) is 52.0 Å². The fourth-order valence-electron chi connectivity index (χ4n) is 5.95. The number of amides is 1. The summed E-state index contributed by atoms with van der Waals surface area (Å²) in [7, 11) is -3.89. The first kappa shape index (κ1) is 29.5. The zero-order valence-electron chi connectivity index (χ0n) is 23.7. The molecule has 2 aliphatic rings. The van der Waals surface area contributed by atoms with Gasteiger partial charge in [-0.1, -0.05) is 30.3 Å². The lowest BCUT2D eigenvalue weighted by Crippen LogP contribution is -2.51. The molecule has 220 valence electrons. The molecule has 9 nitrogen and oxygen atoms in total. The molecule has 1 aliphatic heterocycles. The van der Waals surface area contributed by atoms with Crippen LogP contribution in [0.2, 0.25) is 0 Å². The Labute approximate surface area is 244 Å². The molecule has 4 atom stereocenters. The van der Waals surface area contributed by atoms with Crippen LogP contribution in [0, 0.1) is 29.0 Å². The quantitative estimate of drug-likeness (QED) is 0.345. The first-order valence-corrected chi connectivity index (χ1v) is 15.4. The SMILES string of the molecule is CC(C)(C)OC(=O)N1[C@@H]2CC[C@@H](C2)[C@H]1C(=O)C[C@H](C#N)Cc1ccc(-c2cnn(S(=O)(=O)c3ccccc3)c2)cc1F. The van der Waals surface area contributed by atoms with Crippen LogP contribution in [0.5, 0.6) is 0 Å². The van der Waals surface area contributed by atoms with E-state index in [0.29, 0.717) is 11.1 Å². The van der Waals surface area contributed by atoms with Crippen molar-refractivity contribution in [3.05, 3.63) is 72.3 Å². The summed E-state index contributed by atoms with van der Waals surface area (Å²) >= 11 is 0. The number of aromatic nitrogens is 2. The molecule has 2 bridgehead atoms. The van der Waals surface area contributed by atoms with Gasteiger partial charge in [0.15, 0.2) is 5.78 Å². The second kappa shape index (κ2) is 11.3. The van der Waals surface area contributed by atoms with Gasteiger partial charge < -0.3 is 4.74 Å². The van der Waals surface area contributed by atoms with Gasteiger partial charge in [0.2, 0.25) is 0 Å². The number of benzene rings is 2. The van der Waals surface area contributed by atoms with Crippen LogP contribution >= 0.6 is 0 Å². The van der Waals surface area contributed by atoms with Crippen molar-refractivity contribution in [2.24, 2.45) is 11.8 Å². The fourth-order valence-corrected chi connectivity index (χ4v) is 7.09. The van der Waals surface area contributed by atoms with E-state index in [1.54, 1.807) is 49.9 Å². The first-order chi connectivity index (χ1) is 19.9. The third-order valence-electron chi connectivity index (χ3n) is 7.85. The average Bonchev–Trinajstić information content (AvgIpc) is 3.70. The van der Waals surface area contributed by atoms with E-state index in [4.69, 9.17) is 4.74 Å². The van der Waals surface area contributed by atoms with Crippen molar-refractivity contribution in [2.75, 3.05) is 0 Å². The molecule has 42 heavy (non-hydrogen) atoms. The normalized spacial score (nSPS) is 20.7. The molecule has 0 spiro atoms. The zero-order valence-corrected chi connectivity index (χ0v) is 24.6. The number of carbonyl (C=O) groups is 2. The third-order valence-corrected chi connectivity index (χ3v) is 9.41. The van der Waals surface area contributed by atoms with Gasteiger partial charge in [-0.2, -0.15) is 22.9 Å². The summed E-state index contributed by atoms with van der Waals surface area (Å²) < 4.78 is 47.3. The van der Waals surface area contributed by atoms with E-state index in [9.17, 15) is 23.3 Å². The minimum Gasteiger partial charge on any atom is -0.444 e. The van der Waals surface area contributed by atoms with Crippen LogP contribution in [0.15, 0.2) is 65.8 Å². The highest BCUT2D eigenvalue weighted by Crippen LogP contribution is 2.44. The van der Waals surface area contributed by atoms with Crippen LogP contribution in [-0.4, -0.2) is 52.1 Å². The van der Waals surface area contributed by atoms with Gasteiger partial charge in [0.25, 0.3) is 10.0 Å². The number of rotatable bonds is 8. The molecule has 2 fully saturated rings. The molecule has 1 saturated heterocycles. The predicted molar refractivity (Wildman–Crippen MR) is 152 cm³/mol. The number of piperidine rings is 1. The fraction of sp³-hybridized carbons (Fsp3) is 0.419. The number of fused-ring (bicyclic) bond motifs is 2. The lowest BCUT2D eigenvalue weighted by molar-refractivity contribution is -0.126. The number of ether oxygens (including phenoxy) is 1. The van der Waals surface area contributed by atoms with E-state index in [-0.39, 0.29) is 41.0 Å². The Morgan fingerprint density at radius 3 is 2.55 bits per heavy atom. The highest BCUT2D eigenvalue weighted by atomic mass is 32.2. The van der Waals surface area contributed by atoms with Gasteiger partial charge in [-0.25, -0.2) is 9.18 Å². The molecule has 0 radical (unpaired) electrons. The summed E-state index contributed by atoms with van der Waals surface area (Å²) in [5.41, 5.74) is 0.399. The standard InChI is InChI=1S/C31H33FN4O5S/c1-31(2,3)41-30(38)36-25-12-11-23(15-25)29(36)28(37)14-20(17-33)13-22-10-9-21(16-27(22)32)24-18-34-35(19-24)42(39,40)26-7-5-4-6-8-26/h4-10,16,18-20,23,25,29H,11-15H2,1-3H3/t20-,23+,25-,29+/m1/s1. The van der Waals surface area contributed by atoms with Gasteiger partial charge in [-0.3, -0.25) is 9.69 Å². The molecular formula is C31H33FN4O5S. The zero-order chi connectivity index (χ0) is 30.2. The van der Waals surface area contributed by atoms with Crippen LogP contribution in [0.4, 0.5) is 9.18 Å². The maximum absolute atomic E-state index is 15.2. The van der Waals surface area contributed by atoms with E-state index in [1.165, 1.54) is 36.7 Å². The Morgan fingerprint density at radius 2 is 1.88 bits per heavy atom. The van der Waals surface area contributed by atoms with Gasteiger partial charge in [0, 0.05) is 18.0 Å². The minimum atomic E-state index is -3.89. The molecule has 11 heteroatoms. The first-order valence-electron chi connectivity index (χ1n) is 13.9. The van der Waals surface area contributed by atoms with E-state index in [2.05, 4.69) is 11.2 Å². The number of carbonyl (C=O) groups excluding carboxylic acids is 2. The highest BCUT2D eigenvalue weighted by molar-refractivity contribution is 7.89. The van der Waals surface area contributed by atoms with E-state index < -0.39 is 39.5 Å².